The topological polar surface area (TPSA) is 104 Å². The molecule has 0 bridgehead atoms. The van der Waals surface area contributed by atoms with Crippen LogP contribution in [0.5, 0.6) is 0 Å². The summed E-state index contributed by atoms with van der Waals surface area (Å²) in [7, 11) is 4.38. The molecule has 7 nitrogen and oxygen atoms in total. The molecule has 9 heteroatoms. The Morgan fingerprint density at radius 2 is 1.84 bits per heavy atom. The van der Waals surface area contributed by atoms with Crippen LogP contribution in [-0.2, 0) is 0 Å². The number of hydrogen-bond donors (Lipinski definition) is 2. The van der Waals surface area contributed by atoms with Gasteiger partial charge in [-0.2, -0.15) is 5.26 Å². The number of rotatable bonds is 5. The molecule has 196 valence electrons. The Morgan fingerprint density at radius 1 is 1.08 bits per heavy atom. The van der Waals surface area contributed by atoms with E-state index < -0.39 is 5.82 Å². The summed E-state index contributed by atoms with van der Waals surface area (Å²) in [4.78, 5) is 15.8. The van der Waals surface area contributed by atoms with Crippen molar-refractivity contribution in [2.45, 2.75) is 50.0 Å². The van der Waals surface area contributed by atoms with Crippen LogP contribution in [0.3, 0.4) is 0 Å². The molecule has 5 rings (SSSR count). The third kappa shape index (κ3) is 6.77. The quantitative estimate of drug-likeness (QED) is 0.279. The summed E-state index contributed by atoms with van der Waals surface area (Å²) >= 11 is 1.19. The van der Waals surface area contributed by atoms with Gasteiger partial charge in [-0.05, 0) is 81.7 Å². The van der Waals surface area contributed by atoms with Gasteiger partial charge in [0.2, 0.25) is 5.95 Å². The normalized spacial score (nSPS) is 13.6. The molecule has 0 aliphatic heterocycles. The Labute approximate surface area is 227 Å². The van der Waals surface area contributed by atoms with Gasteiger partial charge in [-0.25, -0.2) is 19.3 Å². The minimum Gasteiger partial charge on any atom is -0.368 e. The van der Waals surface area contributed by atoms with Gasteiger partial charge in [0.25, 0.3) is 0 Å². The standard InChI is InChI=1S/C21H15FN6S.C8H17N/c1-12-8-17(26-18-11-25-21(24)27-20(12)18)13-6-7-16(15(22)9-13)28-29-19-5-3-2-4-14(19)10-23;1-9(2)8-6-4-3-5-7-8/h2-9,11,28H,1H3,(H2,24,25,27);8H,3-7H2,1-2H3. The lowest BCUT2D eigenvalue weighted by Gasteiger charge is -2.27. The second-order valence-corrected chi connectivity index (χ2v) is 10.4. The van der Waals surface area contributed by atoms with Gasteiger partial charge < -0.3 is 15.4 Å². The minimum absolute atomic E-state index is 0.187. The van der Waals surface area contributed by atoms with Crippen molar-refractivity contribution in [3.05, 3.63) is 71.7 Å². The number of aryl methyl sites for hydroxylation is 1. The molecule has 0 amide bonds. The van der Waals surface area contributed by atoms with Crippen LogP contribution in [0.15, 0.2) is 59.6 Å². The maximum atomic E-state index is 14.7. The first kappa shape index (κ1) is 27.3. The average molecular weight is 530 g/mol. The first-order valence-corrected chi connectivity index (χ1v) is 13.5. The van der Waals surface area contributed by atoms with Crippen molar-refractivity contribution in [1.82, 2.24) is 19.9 Å². The molecule has 0 saturated heterocycles. The maximum absolute atomic E-state index is 14.7. The second-order valence-electron chi connectivity index (χ2n) is 9.55. The summed E-state index contributed by atoms with van der Waals surface area (Å²) in [6.45, 7) is 1.90. The van der Waals surface area contributed by atoms with Gasteiger partial charge in [-0.1, -0.05) is 37.5 Å². The van der Waals surface area contributed by atoms with Gasteiger partial charge in [0.05, 0.1) is 28.7 Å². The minimum atomic E-state index is -0.419. The number of fused-ring (bicyclic) bond motifs is 1. The summed E-state index contributed by atoms with van der Waals surface area (Å²) in [5.41, 5.74) is 9.90. The van der Waals surface area contributed by atoms with Crippen LogP contribution in [0.25, 0.3) is 22.3 Å². The molecule has 3 N–H and O–H groups in total. The van der Waals surface area contributed by atoms with Crippen molar-refractivity contribution < 1.29 is 4.39 Å². The summed E-state index contributed by atoms with van der Waals surface area (Å²) in [6.07, 6.45) is 8.76. The fraction of sp³-hybridized carbons (Fsp3) is 0.310. The number of pyridine rings is 1. The molecule has 0 radical (unpaired) electrons. The van der Waals surface area contributed by atoms with E-state index in [1.165, 1.54) is 50.1 Å². The van der Waals surface area contributed by atoms with E-state index >= 15 is 0 Å². The van der Waals surface area contributed by atoms with E-state index in [2.05, 4.69) is 44.7 Å². The molecular formula is C29H32FN7S. The first-order valence-electron chi connectivity index (χ1n) is 12.6. The molecule has 0 unspecified atom stereocenters. The Hall–Kier alpha value is -3.74. The predicted octanol–water partition coefficient (Wildman–Crippen LogP) is 6.59. The third-order valence-corrected chi connectivity index (χ3v) is 7.50. The lowest BCUT2D eigenvalue weighted by Crippen LogP contribution is -2.29. The fourth-order valence-corrected chi connectivity index (χ4v) is 5.21. The number of nitriles is 1. The lowest BCUT2D eigenvalue weighted by molar-refractivity contribution is 0.229. The van der Waals surface area contributed by atoms with Crippen LogP contribution in [0.4, 0.5) is 16.0 Å². The number of aromatic nitrogens is 3. The van der Waals surface area contributed by atoms with E-state index in [9.17, 15) is 4.39 Å². The zero-order valence-corrected chi connectivity index (χ0v) is 22.7. The van der Waals surface area contributed by atoms with E-state index in [1.807, 2.05) is 19.1 Å². The Balaban J connectivity index is 0.000000317. The molecule has 1 saturated carbocycles. The largest absolute Gasteiger partial charge is 0.368 e. The van der Waals surface area contributed by atoms with Gasteiger partial charge in [0.15, 0.2) is 0 Å². The molecule has 2 aromatic carbocycles. The van der Waals surface area contributed by atoms with Crippen molar-refractivity contribution in [3.63, 3.8) is 0 Å². The Morgan fingerprint density at radius 3 is 2.53 bits per heavy atom. The molecular weight excluding hydrogens is 497 g/mol. The molecule has 0 atom stereocenters. The maximum Gasteiger partial charge on any atom is 0.220 e. The number of benzene rings is 2. The van der Waals surface area contributed by atoms with E-state index in [0.29, 0.717) is 33.5 Å². The average Bonchev–Trinajstić information content (AvgIpc) is 2.93. The van der Waals surface area contributed by atoms with E-state index in [1.54, 1.807) is 36.5 Å². The van der Waals surface area contributed by atoms with Crippen LogP contribution in [0, 0.1) is 24.1 Å². The SMILES string of the molecule is CN(C)C1CCCCC1.Cc1cc(-c2ccc(NSc3ccccc3C#N)c(F)c2)nc2cnc(N)nc12. The predicted molar refractivity (Wildman–Crippen MR) is 153 cm³/mol. The third-order valence-electron chi connectivity index (χ3n) is 6.60. The van der Waals surface area contributed by atoms with Gasteiger partial charge in [0.1, 0.15) is 17.4 Å². The second kappa shape index (κ2) is 12.7. The fourth-order valence-electron chi connectivity index (χ4n) is 4.46. The number of nitrogen functional groups attached to an aromatic ring is 1. The van der Waals surface area contributed by atoms with Crippen molar-refractivity contribution in [3.8, 4) is 17.3 Å². The molecule has 2 aromatic heterocycles. The van der Waals surface area contributed by atoms with Crippen molar-refractivity contribution >= 4 is 34.6 Å². The van der Waals surface area contributed by atoms with E-state index in [4.69, 9.17) is 11.0 Å². The highest BCUT2D eigenvalue weighted by Crippen LogP contribution is 2.30. The highest BCUT2D eigenvalue weighted by atomic mass is 32.2. The highest BCUT2D eigenvalue weighted by Gasteiger charge is 2.14. The van der Waals surface area contributed by atoms with Crippen LogP contribution in [-0.4, -0.2) is 40.0 Å². The Kier molecular flexibility index (Phi) is 9.10. The zero-order valence-electron chi connectivity index (χ0n) is 21.9. The molecule has 4 aromatic rings. The molecule has 1 aliphatic carbocycles. The lowest BCUT2D eigenvalue weighted by atomic mass is 9.95. The summed E-state index contributed by atoms with van der Waals surface area (Å²) < 4.78 is 17.6. The van der Waals surface area contributed by atoms with Gasteiger partial charge in [-0.15, -0.1) is 0 Å². The summed E-state index contributed by atoms with van der Waals surface area (Å²) in [5, 5.41) is 9.16. The molecule has 1 aliphatic rings. The number of nitrogens with two attached hydrogens (primary N) is 1. The number of nitrogens with zero attached hydrogens (tertiary/aromatic N) is 5. The summed E-state index contributed by atoms with van der Waals surface area (Å²) in [6, 6.07) is 16.8. The Bertz CT molecular complexity index is 1450. The number of halogens is 1. The van der Waals surface area contributed by atoms with E-state index in [-0.39, 0.29) is 5.95 Å². The van der Waals surface area contributed by atoms with Crippen LogP contribution < -0.4 is 10.5 Å². The molecule has 0 spiro atoms. The van der Waals surface area contributed by atoms with Crippen LogP contribution in [0.2, 0.25) is 0 Å². The van der Waals surface area contributed by atoms with Crippen molar-refractivity contribution in [2.24, 2.45) is 0 Å². The smallest absolute Gasteiger partial charge is 0.220 e. The van der Waals surface area contributed by atoms with Crippen LogP contribution >= 0.6 is 11.9 Å². The monoisotopic (exact) mass is 529 g/mol. The molecule has 2 heterocycles. The number of anilines is 2. The summed E-state index contributed by atoms with van der Waals surface area (Å²) in [5.74, 6) is -0.232. The highest BCUT2D eigenvalue weighted by molar-refractivity contribution is 8.00. The molecule has 1 fully saturated rings. The zero-order chi connectivity index (χ0) is 27.1. The first-order chi connectivity index (χ1) is 18.4. The van der Waals surface area contributed by atoms with Gasteiger partial charge >= 0.3 is 0 Å². The van der Waals surface area contributed by atoms with Gasteiger partial charge in [-0.3, -0.25) is 0 Å². The number of nitrogens with one attached hydrogen (secondary N) is 1. The van der Waals surface area contributed by atoms with Gasteiger partial charge in [0, 0.05) is 16.5 Å². The van der Waals surface area contributed by atoms with Crippen molar-refractivity contribution in [2.75, 3.05) is 24.6 Å². The van der Waals surface area contributed by atoms with Crippen LogP contribution in [0.1, 0.15) is 43.2 Å². The molecule has 38 heavy (non-hydrogen) atoms. The van der Waals surface area contributed by atoms with E-state index in [0.717, 1.165) is 16.5 Å². The van der Waals surface area contributed by atoms with Crippen molar-refractivity contribution in [1.29, 1.82) is 5.26 Å². The number of hydrogen-bond acceptors (Lipinski definition) is 8.